The summed E-state index contributed by atoms with van der Waals surface area (Å²) in [7, 11) is -3.23. The van der Waals surface area contributed by atoms with Crippen molar-refractivity contribution in [3.05, 3.63) is 52.1 Å². The number of thiazole rings is 1. The van der Waals surface area contributed by atoms with Gasteiger partial charge in [-0.3, -0.25) is 4.79 Å². The fraction of sp³-hybridized carbons (Fsp3) is 0.200. The van der Waals surface area contributed by atoms with Crippen molar-refractivity contribution in [2.24, 2.45) is 0 Å². The Morgan fingerprint density at radius 3 is 2.78 bits per heavy atom. The summed E-state index contributed by atoms with van der Waals surface area (Å²) < 4.78 is 36.5. The van der Waals surface area contributed by atoms with Gasteiger partial charge in [-0.15, -0.1) is 11.3 Å². The number of aryl methyl sites for hydroxylation is 1. The minimum Gasteiger partial charge on any atom is -0.344 e. The Labute approximate surface area is 136 Å². The largest absolute Gasteiger partial charge is 0.344 e. The Bertz CT molecular complexity index is 903. The molecule has 1 atom stereocenters. The van der Waals surface area contributed by atoms with Crippen molar-refractivity contribution in [2.75, 3.05) is 5.75 Å². The van der Waals surface area contributed by atoms with Crippen LogP contribution in [0.2, 0.25) is 0 Å². The van der Waals surface area contributed by atoms with Gasteiger partial charge in [-0.1, -0.05) is 12.1 Å². The molecule has 0 saturated carbocycles. The number of nitrogens with one attached hydrogen (secondary N) is 1. The Morgan fingerprint density at radius 1 is 1.39 bits per heavy atom. The molecule has 0 bridgehead atoms. The number of hydrogen-bond donors (Lipinski definition) is 1. The summed E-state index contributed by atoms with van der Waals surface area (Å²) in [6, 6.07) is 5.66. The van der Waals surface area contributed by atoms with Crippen LogP contribution in [0.5, 0.6) is 0 Å². The summed E-state index contributed by atoms with van der Waals surface area (Å²) in [5.41, 5.74) is 0.818. The molecule has 120 valence electrons. The van der Waals surface area contributed by atoms with Crippen molar-refractivity contribution < 1.29 is 17.6 Å². The maximum atomic E-state index is 13.8. The van der Waals surface area contributed by atoms with E-state index in [-0.39, 0.29) is 5.75 Å². The first kappa shape index (κ1) is 15.8. The van der Waals surface area contributed by atoms with Gasteiger partial charge in [0.15, 0.2) is 9.84 Å². The lowest BCUT2D eigenvalue weighted by Crippen LogP contribution is -2.35. The standard InChI is InChI=1S/C15H13FN2O3S2/c1-9-13(14(19)18-10-6-7-23(20,21)8-10)22-15(17-9)11-4-2-3-5-12(11)16/h2-7,10H,8H2,1H3,(H,18,19)/t10-/m1/s1. The highest BCUT2D eigenvalue weighted by atomic mass is 32.2. The zero-order valence-electron chi connectivity index (χ0n) is 12.1. The summed E-state index contributed by atoms with van der Waals surface area (Å²) in [6.45, 7) is 1.66. The van der Waals surface area contributed by atoms with E-state index in [2.05, 4.69) is 10.3 Å². The minimum absolute atomic E-state index is 0.142. The maximum Gasteiger partial charge on any atom is 0.263 e. The highest BCUT2D eigenvalue weighted by Crippen LogP contribution is 2.29. The molecule has 23 heavy (non-hydrogen) atoms. The SMILES string of the molecule is Cc1nc(-c2ccccc2F)sc1C(=O)N[C@@H]1C=CS(=O)(=O)C1. The van der Waals surface area contributed by atoms with Crippen molar-refractivity contribution in [3.63, 3.8) is 0 Å². The number of hydrogen-bond acceptors (Lipinski definition) is 5. The van der Waals surface area contributed by atoms with Crippen LogP contribution in [0.15, 0.2) is 35.7 Å². The van der Waals surface area contributed by atoms with Crippen LogP contribution in [-0.2, 0) is 9.84 Å². The molecule has 0 saturated heterocycles. The van der Waals surface area contributed by atoms with Crippen LogP contribution < -0.4 is 5.32 Å². The lowest BCUT2D eigenvalue weighted by atomic mass is 10.2. The van der Waals surface area contributed by atoms with E-state index in [1.54, 1.807) is 25.1 Å². The van der Waals surface area contributed by atoms with Gasteiger partial charge < -0.3 is 5.32 Å². The molecule has 5 nitrogen and oxygen atoms in total. The number of benzene rings is 1. The molecule has 0 aliphatic carbocycles. The molecular formula is C15H13FN2O3S2. The predicted octanol–water partition coefficient (Wildman–Crippen LogP) is 2.30. The molecule has 2 heterocycles. The summed E-state index contributed by atoms with van der Waals surface area (Å²) in [4.78, 5) is 16.9. The highest BCUT2D eigenvalue weighted by Gasteiger charge is 2.25. The minimum atomic E-state index is -3.23. The highest BCUT2D eigenvalue weighted by molar-refractivity contribution is 7.94. The van der Waals surface area contributed by atoms with Crippen LogP contribution in [0.3, 0.4) is 0 Å². The molecule has 2 aromatic rings. The van der Waals surface area contributed by atoms with Crippen LogP contribution >= 0.6 is 11.3 Å². The van der Waals surface area contributed by atoms with E-state index in [1.165, 1.54) is 12.1 Å². The third kappa shape index (κ3) is 3.32. The van der Waals surface area contributed by atoms with Gasteiger partial charge in [0.1, 0.15) is 15.7 Å². The van der Waals surface area contributed by atoms with E-state index in [1.807, 2.05) is 0 Å². The predicted molar refractivity (Wildman–Crippen MR) is 86.4 cm³/mol. The van der Waals surface area contributed by atoms with E-state index >= 15 is 0 Å². The first-order valence-electron chi connectivity index (χ1n) is 6.80. The quantitative estimate of drug-likeness (QED) is 0.920. The first-order valence-corrected chi connectivity index (χ1v) is 9.33. The smallest absolute Gasteiger partial charge is 0.263 e. The number of halogens is 1. The summed E-state index contributed by atoms with van der Waals surface area (Å²) in [5.74, 6) is -0.955. The molecule has 1 N–H and O–H groups in total. The number of sulfone groups is 1. The molecule has 1 aliphatic heterocycles. The normalized spacial score (nSPS) is 19.0. The lowest BCUT2D eigenvalue weighted by molar-refractivity contribution is 0.0951. The number of aromatic nitrogens is 1. The van der Waals surface area contributed by atoms with Crippen LogP contribution in [0, 0.1) is 12.7 Å². The van der Waals surface area contributed by atoms with E-state index in [4.69, 9.17) is 0 Å². The van der Waals surface area contributed by atoms with E-state index < -0.39 is 27.6 Å². The Balaban J connectivity index is 1.83. The molecule has 0 unspecified atom stereocenters. The number of amides is 1. The van der Waals surface area contributed by atoms with Gasteiger partial charge in [-0.25, -0.2) is 17.8 Å². The van der Waals surface area contributed by atoms with Gasteiger partial charge >= 0.3 is 0 Å². The molecule has 8 heteroatoms. The van der Waals surface area contributed by atoms with Gasteiger partial charge in [-0.2, -0.15) is 0 Å². The van der Waals surface area contributed by atoms with Gasteiger partial charge in [0.2, 0.25) is 0 Å². The fourth-order valence-corrected chi connectivity index (χ4v) is 4.49. The molecule has 1 aromatic heterocycles. The summed E-state index contributed by atoms with van der Waals surface area (Å²) in [6.07, 6.45) is 1.45. The molecule has 1 amide bonds. The lowest BCUT2D eigenvalue weighted by Gasteiger charge is -2.08. The van der Waals surface area contributed by atoms with E-state index in [9.17, 15) is 17.6 Å². The second-order valence-corrected chi connectivity index (χ2v) is 8.08. The van der Waals surface area contributed by atoms with Gasteiger partial charge in [0, 0.05) is 11.0 Å². The molecule has 0 radical (unpaired) electrons. The van der Waals surface area contributed by atoms with Crippen molar-refractivity contribution in [1.82, 2.24) is 10.3 Å². The first-order chi connectivity index (χ1) is 10.9. The second kappa shape index (κ2) is 5.86. The third-order valence-corrected chi connectivity index (χ3v) is 5.94. The molecular weight excluding hydrogens is 339 g/mol. The van der Waals surface area contributed by atoms with Crippen LogP contribution in [0.25, 0.3) is 10.6 Å². The van der Waals surface area contributed by atoms with Crippen LogP contribution in [-0.4, -0.2) is 31.1 Å². The van der Waals surface area contributed by atoms with Crippen LogP contribution in [0.4, 0.5) is 4.39 Å². The number of rotatable bonds is 3. The number of carbonyl (C=O) groups excluding carboxylic acids is 1. The molecule has 0 fully saturated rings. The Kier molecular flexibility index (Phi) is 4.03. The van der Waals surface area contributed by atoms with Gasteiger partial charge in [0.25, 0.3) is 5.91 Å². The van der Waals surface area contributed by atoms with Gasteiger partial charge in [-0.05, 0) is 25.1 Å². The maximum absolute atomic E-state index is 13.8. The van der Waals surface area contributed by atoms with Crippen molar-refractivity contribution in [2.45, 2.75) is 13.0 Å². The zero-order chi connectivity index (χ0) is 16.6. The van der Waals surface area contributed by atoms with Crippen molar-refractivity contribution in [1.29, 1.82) is 0 Å². The molecule has 0 spiro atoms. The van der Waals surface area contributed by atoms with E-state index in [0.29, 0.717) is 21.1 Å². The molecule has 3 rings (SSSR count). The molecule has 1 aromatic carbocycles. The average Bonchev–Trinajstić information content (AvgIpc) is 3.02. The van der Waals surface area contributed by atoms with Crippen molar-refractivity contribution in [3.8, 4) is 10.6 Å². The van der Waals surface area contributed by atoms with Crippen LogP contribution in [0.1, 0.15) is 15.4 Å². The summed E-state index contributed by atoms with van der Waals surface area (Å²) >= 11 is 1.08. The third-order valence-electron chi connectivity index (χ3n) is 3.35. The molecule has 1 aliphatic rings. The Morgan fingerprint density at radius 2 is 2.13 bits per heavy atom. The average molecular weight is 352 g/mol. The Hall–Kier alpha value is -2.06. The fourth-order valence-electron chi connectivity index (χ4n) is 2.26. The summed E-state index contributed by atoms with van der Waals surface area (Å²) in [5, 5.41) is 4.16. The number of carbonyl (C=O) groups is 1. The monoisotopic (exact) mass is 352 g/mol. The number of nitrogens with zero attached hydrogens (tertiary/aromatic N) is 1. The van der Waals surface area contributed by atoms with E-state index in [0.717, 1.165) is 16.7 Å². The van der Waals surface area contributed by atoms with Gasteiger partial charge in [0.05, 0.1) is 17.5 Å². The topological polar surface area (TPSA) is 76.1 Å². The zero-order valence-corrected chi connectivity index (χ0v) is 13.7. The van der Waals surface area contributed by atoms with Crippen molar-refractivity contribution >= 4 is 27.1 Å². The second-order valence-electron chi connectivity index (χ2n) is 5.15.